The summed E-state index contributed by atoms with van der Waals surface area (Å²) in [5.41, 5.74) is 2.30. The van der Waals surface area contributed by atoms with Crippen molar-refractivity contribution < 1.29 is 31.1 Å². The third kappa shape index (κ3) is 4.44. The van der Waals surface area contributed by atoms with E-state index in [0.29, 0.717) is 18.7 Å². The molecule has 2 aromatic carbocycles. The molecule has 6 rings (SSSR count). The van der Waals surface area contributed by atoms with Gasteiger partial charge in [0.2, 0.25) is 5.66 Å². The number of fused-ring (bicyclic) bond motifs is 4. The molecule has 3 N–H and O–H groups in total. The highest BCUT2D eigenvalue weighted by atomic mass is 19.4. The number of pyridine rings is 1. The van der Waals surface area contributed by atoms with Gasteiger partial charge in [0, 0.05) is 29.9 Å². The van der Waals surface area contributed by atoms with E-state index in [1.54, 1.807) is 12.1 Å². The Balaban J connectivity index is 1.34. The predicted molar refractivity (Wildman–Crippen MR) is 132 cm³/mol. The van der Waals surface area contributed by atoms with Crippen LogP contribution >= 0.6 is 0 Å². The zero-order valence-electron chi connectivity index (χ0n) is 20.2. The number of hydrazine groups is 1. The van der Waals surface area contributed by atoms with Crippen LogP contribution < -0.4 is 26.0 Å². The Morgan fingerprint density at radius 3 is 2.49 bits per heavy atom. The molecular weight excluding hydrogens is 526 g/mol. The maximum Gasteiger partial charge on any atom is 0.426 e. The number of anilines is 3. The van der Waals surface area contributed by atoms with Crippen LogP contribution in [0.2, 0.25) is 0 Å². The van der Waals surface area contributed by atoms with Crippen LogP contribution in [-0.4, -0.2) is 36.3 Å². The maximum absolute atomic E-state index is 13.6. The molecule has 0 saturated carbocycles. The first-order chi connectivity index (χ1) is 18.5. The summed E-state index contributed by atoms with van der Waals surface area (Å²) in [6, 6.07) is 12.7. The minimum Gasteiger partial charge on any atom is -0.366 e. The van der Waals surface area contributed by atoms with E-state index >= 15 is 0 Å². The molecule has 3 aromatic rings. The fourth-order valence-corrected chi connectivity index (χ4v) is 5.23. The van der Waals surface area contributed by atoms with Crippen molar-refractivity contribution in [3.63, 3.8) is 0 Å². The van der Waals surface area contributed by atoms with Crippen molar-refractivity contribution in [3.8, 4) is 11.3 Å². The smallest absolute Gasteiger partial charge is 0.366 e. The SMILES string of the molecule is O=C(Nc1cccc(C2(C(F)(F)F)NN2)c1)N1c2nc(-c3cccc(C(F)(F)F)c3)ccc2N2CCC[C@@H]1C2. The van der Waals surface area contributed by atoms with Crippen molar-refractivity contribution in [2.75, 3.05) is 28.2 Å². The average Bonchev–Trinajstić information content (AvgIpc) is 3.71. The minimum atomic E-state index is -4.60. The Morgan fingerprint density at radius 1 is 1.00 bits per heavy atom. The van der Waals surface area contributed by atoms with Gasteiger partial charge in [-0.3, -0.25) is 4.90 Å². The molecule has 0 aliphatic carbocycles. The van der Waals surface area contributed by atoms with Crippen LogP contribution in [0.5, 0.6) is 0 Å². The maximum atomic E-state index is 13.6. The Hall–Kier alpha value is -3.84. The second-order valence-electron chi connectivity index (χ2n) is 9.74. The van der Waals surface area contributed by atoms with E-state index in [-0.39, 0.29) is 34.4 Å². The van der Waals surface area contributed by atoms with Crippen molar-refractivity contribution in [3.05, 3.63) is 71.8 Å². The number of hydrogen-bond donors (Lipinski definition) is 3. The predicted octanol–water partition coefficient (Wildman–Crippen LogP) is 5.61. The number of amides is 2. The molecule has 0 spiro atoms. The number of piperidine rings is 1. The van der Waals surface area contributed by atoms with Gasteiger partial charge in [0.15, 0.2) is 5.82 Å². The van der Waals surface area contributed by atoms with Gasteiger partial charge in [-0.2, -0.15) is 26.3 Å². The molecule has 39 heavy (non-hydrogen) atoms. The van der Waals surface area contributed by atoms with Crippen LogP contribution in [-0.2, 0) is 11.8 Å². The van der Waals surface area contributed by atoms with Crippen LogP contribution in [0, 0.1) is 0 Å². The summed E-state index contributed by atoms with van der Waals surface area (Å²) in [7, 11) is 0. The molecule has 0 radical (unpaired) electrons. The summed E-state index contributed by atoms with van der Waals surface area (Å²) in [6.45, 7) is 1.28. The first-order valence-corrected chi connectivity index (χ1v) is 12.2. The lowest BCUT2D eigenvalue weighted by atomic mass is 9.99. The monoisotopic (exact) mass is 548 g/mol. The number of benzene rings is 2. The molecule has 2 saturated heterocycles. The zero-order chi connectivity index (χ0) is 27.6. The van der Waals surface area contributed by atoms with E-state index in [1.807, 2.05) is 0 Å². The van der Waals surface area contributed by atoms with Gasteiger partial charge in [-0.25, -0.2) is 20.6 Å². The molecule has 204 valence electrons. The van der Waals surface area contributed by atoms with Gasteiger partial charge in [-0.05, 0) is 49.2 Å². The molecule has 1 atom stereocenters. The van der Waals surface area contributed by atoms with Crippen LogP contribution in [0.15, 0.2) is 60.7 Å². The van der Waals surface area contributed by atoms with Crippen molar-refractivity contribution in [1.29, 1.82) is 0 Å². The number of nitrogens with zero attached hydrogens (tertiary/aromatic N) is 3. The molecule has 4 heterocycles. The van der Waals surface area contributed by atoms with E-state index in [2.05, 4.69) is 26.1 Å². The number of aromatic nitrogens is 1. The lowest BCUT2D eigenvalue weighted by Gasteiger charge is -2.45. The first kappa shape index (κ1) is 25.4. The van der Waals surface area contributed by atoms with Crippen LogP contribution in [0.4, 0.5) is 48.3 Å². The highest BCUT2D eigenvalue weighted by Gasteiger charge is 2.65. The van der Waals surface area contributed by atoms with E-state index < -0.39 is 29.6 Å². The Labute approximate surface area is 218 Å². The number of alkyl halides is 6. The number of carbonyl (C=O) groups is 1. The van der Waals surface area contributed by atoms with Gasteiger partial charge >= 0.3 is 18.4 Å². The normalized spacial score (nSPS) is 19.9. The van der Waals surface area contributed by atoms with Crippen LogP contribution in [0.3, 0.4) is 0 Å². The van der Waals surface area contributed by atoms with Crippen molar-refractivity contribution in [1.82, 2.24) is 15.8 Å². The van der Waals surface area contributed by atoms with Gasteiger partial charge in [-0.15, -0.1) is 0 Å². The standard InChI is InChI=1S/C26H22F6N6O/c27-25(28,29)17-6-1-4-15(12-17)20-9-10-21-22(34-20)38(19-8-3-11-37(21)14-19)23(39)33-18-7-2-5-16(13-18)24(35-36-24)26(30,31)32/h1-2,4-7,9-10,12-13,19,35-36H,3,8,11,14H2,(H,33,39)/t19-/m1/s1. The number of nitrogens with one attached hydrogen (secondary N) is 3. The second-order valence-corrected chi connectivity index (χ2v) is 9.74. The highest BCUT2D eigenvalue weighted by Crippen LogP contribution is 2.43. The molecule has 13 heteroatoms. The van der Waals surface area contributed by atoms with Crippen LogP contribution in [0.25, 0.3) is 11.3 Å². The number of urea groups is 1. The van der Waals surface area contributed by atoms with Gasteiger partial charge in [0.1, 0.15) is 0 Å². The van der Waals surface area contributed by atoms with Gasteiger partial charge in [-0.1, -0.05) is 24.3 Å². The summed E-state index contributed by atoms with van der Waals surface area (Å²) in [5, 5.41) is 2.69. The van der Waals surface area contributed by atoms with Crippen LogP contribution in [0.1, 0.15) is 24.0 Å². The van der Waals surface area contributed by atoms with E-state index in [1.165, 1.54) is 41.3 Å². The van der Waals surface area contributed by atoms with Gasteiger partial charge in [0.25, 0.3) is 0 Å². The number of hydrogen-bond acceptors (Lipinski definition) is 5. The largest absolute Gasteiger partial charge is 0.426 e. The fraction of sp³-hybridized carbons (Fsp3) is 0.308. The zero-order valence-corrected chi connectivity index (χ0v) is 20.2. The number of carbonyl (C=O) groups excluding carboxylic acids is 1. The highest BCUT2D eigenvalue weighted by molar-refractivity contribution is 6.04. The molecule has 0 unspecified atom stereocenters. The molecular formula is C26H22F6N6O. The average molecular weight is 548 g/mol. The molecule has 3 aliphatic heterocycles. The summed E-state index contributed by atoms with van der Waals surface area (Å²) in [5.74, 6) is 0.284. The number of halogens is 6. The van der Waals surface area contributed by atoms with Gasteiger partial charge < -0.3 is 10.2 Å². The van der Waals surface area contributed by atoms with Crippen molar-refractivity contribution >= 4 is 23.2 Å². The quantitative estimate of drug-likeness (QED) is 0.292. The lowest BCUT2D eigenvalue weighted by molar-refractivity contribution is -0.165. The molecule has 2 amide bonds. The van der Waals surface area contributed by atoms with E-state index in [9.17, 15) is 31.1 Å². The fourth-order valence-electron chi connectivity index (χ4n) is 5.23. The third-order valence-corrected chi connectivity index (χ3v) is 7.24. The van der Waals surface area contributed by atoms with Crippen molar-refractivity contribution in [2.24, 2.45) is 0 Å². The minimum absolute atomic E-state index is 0.111. The Kier molecular flexibility index (Phi) is 5.77. The summed E-state index contributed by atoms with van der Waals surface area (Å²) in [4.78, 5) is 21.7. The summed E-state index contributed by atoms with van der Waals surface area (Å²) >= 11 is 0. The number of rotatable bonds is 3. The molecule has 1 aromatic heterocycles. The Bertz CT molecular complexity index is 1440. The first-order valence-electron chi connectivity index (χ1n) is 12.2. The molecule has 2 bridgehead atoms. The summed E-state index contributed by atoms with van der Waals surface area (Å²) < 4.78 is 80.5. The molecule has 3 aliphatic rings. The van der Waals surface area contributed by atoms with Crippen molar-refractivity contribution in [2.45, 2.75) is 36.9 Å². The molecule has 2 fully saturated rings. The van der Waals surface area contributed by atoms with E-state index in [0.717, 1.165) is 25.1 Å². The van der Waals surface area contributed by atoms with Gasteiger partial charge in [0.05, 0.1) is 23.0 Å². The topological polar surface area (TPSA) is 92.3 Å². The summed E-state index contributed by atoms with van der Waals surface area (Å²) in [6.07, 6.45) is -7.64. The second kappa shape index (κ2) is 8.85. The van der Waals surface area contributed by atoms with E-state index in [4.69, 9.17) is 0 Å². The third-order valence-electron chi connectivity index (χ3n) is 7.24. The lowest BCUT2D eigenvalue weighted by Crippen LogP contribution is -2.56. The Morgan fingerprint density at radius 2 is 1.77 bits per heavy atom. The molecule has 7 nitrogen and oxygen atoms in total.